The second kappa shape index (κ2) is 1.32. The minimum atomic E-state index is 1.14. The van der Waals surface area contributed by atoms with Gasteiger partial charge >= 0.3 is 0 Å². The molecular weight excluding hydrogens is 120 g/mol. The molecule has 0 fully saturated rings. The van der Waals surface area contributed by atoms with Crippen LogP contribution in [0.2, 0.25) is 0 Å². The van der Waals surface area contributed by atoms with Crippen LogP contribution in [-0.4, -0.2) is 9.38 Å². The lowest BCUT2D eigenvalue weighted by atomic mass is 10.9. The Labute approximate surface area is 50.4 Å². The zero-order valence-corrected chi connectivity index (χ0v) is 4.85. The van der Waals surface area contributed by atoms with Crippen LogP contribution in [0.1, 0.15) is 0 Å². The summed E-state index contributed by atoms with van der Waals surface area (Å²) in [6.45, 7) is 0. The monoisotopic (exact) mass is 123 g/mol. The molecule has 0 bridgehead atoms. The van der Waals surface area contributed by atoms with Crippen molar-refractivity contribution in [1.29, 1.82) is 0 Å². The zero-order chi connectivity index (χ0) is 5.40. The Kier molecular flexibility index (Phi) is 0.676. The molecule has 0 saturated carbocycles. The van der Waals surface area contributed by atoms with Crippen LogP contribution in [-0.2, 0) is 0 Å². The molecule has 2 aromatic heterocycles. The second-order valence-corrected chi connectivity index (χ2v) is 2.35. The van der Waals surface area contributed by atoms with Gasteiger partial charge in [-0.2, -0.15) is 0 Å². The average molecular weight is 123 g/mol. The number of hydrogen-bond donors (Lipinski definition) is 0. The topological polar surface area (TPSA) is 17.3 Å². The van der Waals surface area contributed by atoms with Crippen molar-refractivity contribution >= 4 is 16.2 Å². The molecule has 0 saturated heterocycles. The van der Waals surface area contributed by atoms with Crippen LogP contribution >= 0.6 is 11.3 Å². The molecule has 0 atom stereocenters. The summed E-state index contributed by atoms with van der Waals surface area (Å²) in [7, 11) is 0. The summed E-state index contributed by atoms with van der Waals surface area (Å²) >= 11 is 1.57. The van der Waals surface area contributed by atoms with E-state index in [4.69, 9.17) is 0 Å². The van der Waals surface area contributed by atoms with E-state index in [1.54, 1.807) is 17.7 Å². The lowest BCUT2D eigenvalue weighted by molar-refractivity contribution is 1.18. The van der Waals surface area contributed by atoms with Crippen molar-refractivity contribution in [3.63, 3.8) is 0 Å². The largest absolute Gasteiger partial charge is 0.296 e. The quantitative estimate of drug-likeness (QED) is 0.514. The fraction of sp³-hybridized carbons (Fsp3) is 0. The maximum atomic E-state index is 3.91. The SMILES string of the molecule is [c]1cn2cncc2s1. The van der Waals surface area contributed by atoms with E-state index in [-0.39, 0.29) is 0 Å². The first-order valence-corrected chi connectivity index (χ1v) is 3.06. The second-order valence-electron chi connectivity index (χ2n) is 1.49. The molecule has 0 spiro atoms. The van der Waals surface area contributed by atoms with E-state index in [2.05, 4.69) is 10.4 Å². The predicted octanol–water partition coefficient (Wildman–Crippen LogP) is 1.20. The molecule has 2 heterocycles. The molecule has 0 amide bonds. The maximum absolute atomic E-state index is 3.91. The molecule has 39 valence electrons. The number of nitrogens with zero attached hydrogens (tertiary/aromatic N) is 2. The number of fused-ring (bicyclic) bond motifs is 1. The number of imidazole rings is 1. The predicted molar refractivity (Wildman–Crippen MR) is 31.9 cm³/mol. The van der Waals surface area contributed by atoms with Gasteiger partial charge < -0.3 is 0 Å². The molecule has 1 radical (unpaired) electrons. The van der Waals surface area contributed by atoms with E-state index in [0.29, 0.717) is 0 Å². The Bertz CT molecular complexity index is 232. The Morgan fingerprint density at radius 2 is 2.75 bits per heavy atom. The van der Waals surface area contributed by atoms with Crippen LogP contribution in [0.25, 0.3) is 4.83 Å². The highest BCUT2D eigenvalue weighted by molar-refractivity contribution is 7.15. The van der Waals surface area contributed by atoms with Crippen molar-refractivity contribution in [3.05, 3.63) is 24.1 Å². The van der Waals surface area contributed by atoms with Gasteiger partial charge in [0.25, 0.3) is 0 Å². The lowest BCUT2D eigenvalue weighted by Gasteiger charge is -1.71. The molecule has 2 aromatic rings. The highest BCUT2D eigenvalue weighted by atomic mass is 32.1. The minimum absolute atomic E-state index is 1.14. The lowest BCUT2D eigenvalue weighted by Crippen LogP contribution is -1.65. The number of rotatable bonds is 0. The number of aromatic nitrogens is 2. The van der Waals surface area contributed by atoms with Gasteiger partial charge in [0.05, 0.1) is 17.9 Å². The van der Waals surface area contributed by atoms with E-state index >= 15 is 0 Å². The molecule has 3 heteroatoms. The average Bonchev–Trinajstić information content (AvgIpc) is 2.15. The molecule has 8 heavy (non-hydrogen) atoms. The van der Waals surface area contributed by atoms with Crippen molar-refractivity contribution < 1.29 is 0 Å². The van der Waals surface area contributed by atoms with Gasteiger partial charge in [-0.3, -0.25) is 4.40 Å². The standard InChI is InChI=1S/C5H3N2S/c1-2-8-5-3-6-4-7(1)5/h1,3-4H. The van der Waals surface area contributed by atoms with E-state index < -0.39 is 0 Å². The fourth-order valence-electron chi connectivity index (χ4n) is 0.612. The fourth-order valence-corrected chi connectivity index (χ4v) is 1.22. The molecule has 2 nitrogen and oxygen atoms in total. The van der Waals surface area contributed by atoms with Crippen LogP contribution in [0.3, 0.4) is 0 Å². The summed E-state index contributed by atoms with van der Waals surface area (Å²) in [6.07, 6.45) is 5.45. The third-order valence-electron chi connectivity index (χ3n) is 0.986. The van der Waals surface area contributed by atoms with Crippen LogP contribution in [0.4, 0.5) is 0 Å². The molecule has 0 aliphatic carbocycles. The molecule has 0 N–H and O–H groups in total. The normalized spacial score (nSPS) is 10.5. The van der Waals surface area contributed by atoms with Crippen molar-refractivity contribution in [3.8, 4) is 0 Å². The van der Waals surface area contributed by atoms with Gasteiger partial charge in [-0.1, -0.05) is 0 Å². The van der Waals surface area contributed by atoms with Crippen LogP contribution in [0.15, 0.2) is 18.7 Å². The van der Waals surface area contributed by atoms with Crippen LogP contribution in [0.5, 0.6) is 0 Å². The first-order valence-electron chi connectivity index (χ1n) is 2.24. The molecule has 0 unspecified atom stereocenters. The Morgan fingerprint density at radius 3 is 3.62 bits per heavy atom. The smallest absolute Gasteiger partial charge is 0.120 e. The van der Waals surface area contributed by atoms with Crippen molar-refractivity contribution in [2.75, 3.05) is 0 Å². The van der Waals surface area contributed by atoms with Gasteiger partial charge in [0.1, 0.15) is 4.83 Å². The van der Waals surface area contributed by atoms with E-state index in [0.717, 1.165) is 4.83 Å². The Hall–Kier alpha value is -0.830. The van der Waals surface area contributed by atoms with Crippen molar-refractivity contribution in [2.24, 2.45) is 0 Å². The van der Waals surface area contributed by atoms with E-state index in [1.165, 1.54) is 0 Å². The molecule has 0 aliphatic heterocycles. The van der Waals surface area contributed by atoms with Gasteiger partial charge in [0, 0.05) is 6.20 Å². The first-order chi connectivity index (χ1) is 3.97. The van der Waals surface area contributed by atoms with Gasteiger partial charge in [-0.15, -0.1) is 11.3 Å². The molecular formula is C5H3N2S. The Balaban J connectivity index is 3.06. The van der Waals surface area contributed by atoms with Gasteiger partial charge in [-0.25, -0.2) is 4.98 Å². The van der Waals surface area contributed by atoms with Crippen molar-refractivity contribution in [1.82, 2.24) is 9.38 Å². The van der Waals surface area contributed by atoms with Gasteiger partial charge in [-0.05, 0) is 0 Å². The Morgan fingerprint density at radius 1 is 1.75 bits per heavy atom. The third kappa shape index (κ3) is 0.391. The van der Waals surface area contributed by atoms with E-state index in [9.17, 15) is 0 Å². The number of hydrogen-bond acceptors (Lipinski definition) is 2. The maximum Gasteiger partial charge on any atom is 0.120 e. The van der Waals surface area contributed by atoms with Gasteiger partial charge in [0.15, 0.2) is 0 Å². The summed E-state index contributed by atoms with van der Waals surface area (Å²) in [6, 6.07) is 0. The first kappa shape index (κ1) is 4.09. The van der Waals surface area contributed by atoms with Crippen molar-refractivity contribution in [2.45, 2.75) is 0 Å². The number of thiazole rings is 1. The zero-order valence-electron chi connectivity index (χ0n) is 4.03. The van der Waals surface area contributed by atoms with Crippen LogP contribution in [0, 0.1) is 5.38 Å². The third-order valence-corrected chi connectivity index (χ3v) is 1.73. The summed E-state index contributed by atoms with van der Waals surface area (Å²) in [5.41, 5.74) is 0. The summed E-state index contributed by atoms with van der Waals surface area (Å²) < 4.78 is 1.94. The molecule has 0 aromatic carbocycles. The molecule has 2 rings (SSSR count). The highest BCUT2D eigenvalue weighted by Crippen LogP contribution is 2.07. The van der Waals surface area contributed by atoms with Crippen LogP contribution < -0.4 is 0 Å². The highest BCUT2D eigenvalue weighted by Gasteiger charge is 1.88. The van der Waals surface area contributed by atoms with E-state index in [1.807, 2.05) is 16.8 Å². The summed E-state index contributed by atoms with van der Waals surface area (Å²) in [4.78, 5) is 5.06. The molecule has 0 aliphatic rings. The summed E-state index contributed by atoms with van der Waals surface area (Å²) in [5, 5.41) is 2.98. The summed E-state index contributed by atoms with van der Waals surface area (Å²) in [5.74, 6) is 0. The van der Waals surface area contributed by atoms with Gasteiger partial charge in [0.2, 0.25) is 0 Å². The minimum Gasteiger partial charge on any atom is -0.296 e.